The summed E-state index contributed by atoms with van der Waals surface area (Å²) in [6.07, 6.45) is -5.59. The molecule has 0 saturated heterocycles. The van der Waals surface area contributed by atoms with E-state index < -0.39 is 23.5 Å². The molecule has 17 heteroatoms. The standard InChI is InChI=1S/C24H17BrF4N2O2.C24H18ClF3N2O2/c1-32-22-11-18(33-13-15-4-7-17(25)10-20(15)26)8-9-19(22)21-12-30-23(31-21)14-2-5-16(6-3-14)24(27,28)29;1-31-22-12-19(32-14-15-2-8-18(25)9-3-15)10-11-20(22)21-13-29-23(30-21)16-4-6-17(7-5-16)24(26,27)28/h2-12H,13H2,1H3,(H,30,31);2-13H,14H2,1H3,(H,29,30). The lowest BCUT2D eigenvalue weighted by Gasteiger charge is -2.11. The van der Waals surface area contributed by atoms with Crippen molar-refractivity contribution in [3.63, 3.8) is 0 Å². The molecule has 0 amide bonds. The molecule has 0 saturated carbocycles. The summed E-state index contributed by atoms with van der Waals surface area (Å²) in [6.45, 7) is 0.422. The second kappa shape index (κ2) is 19.9. The summed E-state index contributed by atoms with van der Waals surface area (Å²) >= 11 is 9.12. The van der Waals surface area contributed by atoms with Gasteiger partial charge in [0.05, 0.1) is 49.1 Å². The van der Waals surface area contributed by atoms with Gasteiger partial charge in [-0.25, -0.2) is 14.4 Å². The molecule has 65 heavy (non-hydrogen) atoms. The maximum atomic E-state index is 14.0. The van der Waals surface area contributed by atoms with E-state index in [1.807, 2.05) is 24.3 Å². The molecule has 8 aromatic rings. The lowest BCUT2D eigenvalue weighted by Crippen LogP contribution is -2.04. The fraction of sp³-hybridized carbons (Fsp3) is 0.125. The Bertz CT molecular complexity index is 2870. The first-order valence-electron chi connectivity index (χ1n) is 19.3. The number of aromatic nitrogens is 4. The number of rotatable bonds is 12. The van der Waals surface area contributed by atoms with Gasteiger partial charge in [-0.05, 0) is 78.4 Å². The van der Waals surface area contributed by atoms with Crippen LogP contribution < -0.4 is 18.9 Å². The molecular formula is C48H35BrClF7N4O4. The Morgan fingerprint density at radius 3 is 1.46 bits per heavy atom. The number of benzene rings is 6. The minimum absolute atomic E-state index is 0.0454. The Kier molecular flexibility index (Phi) is 14.2. The van der Waals surface area contributed by atoms with Crippen LogP contribution in [0.15, 0.2) is 144 Å². The molecule has 6 aromatic carbocycles. The number of methoxy groups -OCH3 is 2. The zero-order valence-electron chi connectivity index (χ0n) is 34.1. The van der Waals surface area contributed by atoms with E-state index in [9.17, 15) is 30.7 Å². The molecule has 0 aliphatic rings. The van der Waals surface area contributed by atoms with Gasteiger partial charge in [0.1, 0.15) is 53.7 Å². The Morgan fingerprint density at radius 1 is 0.569 bits per heavy atom. The van der Waals surface area contributed by atoms with Gasteiger partial charge in [-0.1, -0.05) is 70.0 Å². The molecule has 0 atom stereocenters. The highest BCUT2D eigenvalue weighted by Crippen LogP contribution is 2.37. The molecule has 0 fully saturated rings. The molecule has 2 aromatic heterocycles. The largest absolute Gasteiger partial charge is 0.496 e. The summed E-state index contributed by atoms with van der Waals surface area (Å²) in [4.78, 5) is 14.8. The van der Waals surface area contributed by atoms with Gasteiger partial charge in [0.25, 0.3) is 0 Å². The number of nitrogens with one attached hydrogen (secondary N) is 2. The van der Waals surface area contributed by atoms with E-state index >= 15 is 0 Å². The van der Waals surface area contributed by atoms with E-state index in [0.29, 0.717) is 84.4 Å². The summed E-state index contributed by atoms with van der Waals surface area (Å²) in [6, 6.07) is 32.3. The zero-order chi connectivity index (χ0) is 46.3. The van der Waals surface area contributed by atoms with Crippen LogP contribution in [0.2, 0.25) is 5.02 Å². The van der Waals surface area contributed by atoms with Crippen molar-refractivity contribution in [1.29, 1.82) is 0 Å². The second-order valence-electron chi connectivity index (χ2n) is 14.1. The summed E-state index contributed by atoms with van der Waals surface area (Å²) in [7, 11) is 3.05. The average Bonchev–Trinajstić information content (AvgIpc) is 4.00. The van der Waals surface area contributed by atoms with E-state index in [1.54, 1.807) is 68.0 Å². The monoisotopic (exact) mass is 978 g/mol. The van der Waals surface area contributed by atoms with Gasteiger partial charge >= 0.3 is 12.4 Å². The number of hydrogen-bond donors (Lipinski definition) is 2. The number of alkyl halides is 6. The Balaban J connectivity index is 0.000000194. The average molecular weight is 980 g/mol. The normalized spacial score (nSPS) is 11.4. The van der Waals surface area contributed by atoms with E-state index in [-0.39, 0.29) is 12.4 Å². The number of H-pyrrole nitrogens is 2. The molecule has 0 bridgehead atoms. The Hall–Kier alpha value is -6.78. The number of imidazole rings is 2. The number of aromatic amines is 2. The molecule has 0 spiro atoms. The maximum absolute atomic E-state index is 14.0. The lowest BCUT2D eigenvalue weighted by atomic mass is 10.1. The maximum Gasteiger partial charge on any atom is 0.416 e. The number of hydrogen-bond acceptors (Lipinski definition) is 6. The van der Waals surface area contributed by atoms with E-state index in [1.165, 1.54) is 37.4 Å². The summed E-state index contributed by atoms with van der Waals surface area (Å²) < 4.78 is 114. The molecule has 8 nitrogen and oxygen atoms in total. The third-order valence-electron chi connectivity index (χ3n) is 9.78. The van der Waals surface area contributed by atoms with Crippen LogP contribution in [-0.2, 0) is 25.6 Å². The van der Waals surface area contributed by atoms with Gasteiger partial charge in [0.2, 0.25) is 0 Å². The first-order valence-corrected chi connectivity index (χ1v) is 20.5. The van der Waals surface area contributed by atoms with Gasteiger partial charge < -0.3 is 28.9 Å². The van der Waals surface area contributed by atoms with Crippen LogP contribution in [0.5, 0.6) is 23.0 Å². The van der Waals surface area contributed by atoms with Crippen molar-refractivity contribution < 1.29 is 49.7 Å². The smallest absolute Gasteiger partial charge is 0.416 e. The second-order valence-corrected chi connectivity index (χ2v) is 15.5. The Labute approximate surface area is 381 Å². The van der Waals surface area contributed by atoms with Gasteiger partial charge in [-0.15, -0.1) is 0 Å². The molecular weight excluding hydrogens is 945 g/mol. The third kappa shape index (κ3) is 11.7. The van der Waals surface area contributed by atoms with Crippen LogP contribution in [0.25, 0.3) is 45.3 Å². The molecule has 0 aliphatic carbocycles. The highest BCUT2D eigenvalue weighted by molar-refractivity contribution is 9.10. The first-order chi connectivity index (χ1) is 31.1. The van der Waals surface area contributed by atoms with Gasteiger partial charge in [-0.2, -0.15) is 26.3 Å². The molecule has 0 radical (unpaired) electrons. The molecule has 2 N–H and O–H groups in total. The van der Waals surface area contributed by atoms with E-state index in [0.717, 1.165) is 35.4 Å². The topological polar surface area (TPSA) is 94.3 Å². The van der Waals surface area contributed by atoms with Crippen LogP contribution in [-0.4, -0.2) is 34.2 Å². The summed E-state index contributed by atoms with van der Waals surface area (Å²) in [5, 5.41) is 0.662. The fourth-order valence-electron chi connectivity index (χ4n) is 6.36. The quantitative estimate of drug-likeness (QED) is 0.118. The van der Waals surface area contributed by atoms with Crippen molar-refractivity contribution >= 4 is 27.5 Å². The van der Waals surface area contributed by atoms with E-state index in [2.05, 4.69) is 35.9 Å². The van der Waals surface area contributed by atoms with Crippen molar-refractivity contribution in [2.75, 3.05) is 14.2 Å². The van der Waals surface area contributed by atoms with Gasteiger partial charge in [-0.3, -0.25) is 0 Å². The number of halogens is 9. The van der Waals surface area contributed by atoms with Crippen molar-refractivity contribution in [3.8, 4) is 68.3 Å². The molecule has 2 heterocycles. The van der Waals surface area contributed by atoms with Crippen LogP contribution in [0.3, 0.4) is 0 Å². The third-order valence-corrected chi connectivity index (χ3v) is 10.5. The molecule has 8 rings (SSSR count). The zero-order valence-corrected chi connectivity index (χ0v) is 36.5. The van der Waals surface area contributed by atoms with Crippen LogP contribution in [0, 0.1) is 5.82 Å². The molecule has 0 unspecified atom stereocenters. The van der Waals surface area contributed by atoms with Crippen molar-refractivity contribution in [1.82, 2.24) is 19.9 Å². The van der Waals surface area contributed by atoms with E-state index in [4.69, 9.17) is 30.5 Å². The fourth-order valence-corrected chi connectivity index (χ4v) is 6.82. The highest BCUT2D eigenvalue weighted by atomic mass is 79.9. The van der Waals surface area contributed by atoms with Crippen LogP contribution >= 0.6 is 27.5 Å². The predicted molar refractivity (Wildman–Crippen MR) is 236 cm³/mol. The predicted octanol–water partition coefficient (Wildman–Crippen LogP) is 14.3. The number of nitrogens with zero attached hydrogens (tertiary/aromatic N) is 2. The lowest BCUT2D eigenvalue weighted by molar-refractivity contribution is -0.138. The number of ether oxygens (including phenoxy) is 4. The van der Waals surface area contributed by atoms with Crippen molar-refractivity contribution in [2.24, 2.45) is 0 Å². The van der Waals surface area contributed by atoms with Crippen LogP contribution in [0.4, 0.5) is 30.7 Å². The van der Waals surface area contributed by atoms with Crippen LogP contribution in [0.1, 0.15) is 22.3 Å². The van der Waals surface area contributed by atoms with Crippen molar-refractivity contribution in [3.05, 3.63) is 177 Å². The molecule has 0 aliphatic heterocycles. The van der Waals surface area contributed by atoms with Gasteiger partial charge in [0, 0.05) is 49.4 Å². The molecule has 334 valence electrons. The summed E-state index contributed by atoms with van der Waals surface area (Å²) in [5.74, 6) is 2.68. The highest BCUT2D eigenvalue weighted by Gasteiger charge is 2.31. The SMILES string of the molecule is COc1cc(OCc2ccc(Br)cc2F)ccc1-c1cnc(-c2ccc(C(F)(F)F)cc2)[nH]1.COc1cc(OCc2ccc(Cl)cc2)ccc1-c1cnc(-c2ccc(C(F)(F)F)cc2)[nH]1. The first kappa shape index (κ1) is 46.2. The van der Waals surface area contributed by atoms with Crippen molar-refractivity contribution in [2.45, 2.75) is 25.6 Å². The minimum atomic E-state index is -4.40. The summed E-state index contributed by atoms with van der Waals surface area (Å²) in [5.41, 5.74) is 3.75. The Morgan fingerprint density at radius 2 is 1.03 bits per heavy atom. The minimum Gasteiger partial charge on any atom is -0.496 e. The van der Waals surface area contributed by atoms with Gasteiger partial charge in [0.15, 0.2) is 0 Å².